The molecular formula is C12H14BrFO2. The Labute approximate surface area is 103 Å². The monoisotopic (exact) mass is 288 g/mol. The fraction of sp³-hybridized carbons (Fsp3) is 0.417. The van der Waals surface area contributed by atoms with Crippen LogP contribution in [0.15, 0.2) is 22.7 Å². The van der Waals surface area contributed by atoms with Gasteiger partial charge in [0.1, 0.15) is 12.4 Å². The molecule has 0 atom stereocenters. The molecule has 4 heteroatoms. The summed E-state index contributed by atoms with van der Waals surface area (Å²) in [6.07, 6.45) is 0.0779. The first-order valence-corrected chi connectivity index (χ1v) is 5.85. The topological polar surface area (TPSA) is 26.3 Å². The second-order valence-corrected chi connectivity index (χ2v) is 4.73. The minimum atomic E-state index is -0.360. The predicted molar refractivity (Wildman–Crippen MR) is 63.9 cm³/mol. The number of ether oxygens (including phenoxy) is 1. The van der Waals surface area contributed by atoms with Crippen LogP contribution in [-0.4, -0.2) is 18.5 Å². The molecule has 0 aliphatic rings. The lowest BCUT2D eigenvalue weighted by Crippen LogP contribution is -2.15. The molecule has 1 aromatic carbocycles. The van der Waals surface area contributed by atoms with Gasteiger partial charge in [0.15, 0.2) is 5.78 Å². The van der Waals surface area contributed by atoms with Crippen molar-refractivity contribution in [2.45, 2.75) is 26.4 Å². The smallest absolute Gasteiger partial charge is 0.162 e. The van der Waals surface area contributed by atoms with Crippen LogP contribution in [0.5, 0.6) is 0 Å². The van der Waals surface area contributed by atoms with Gasteiger partial charge in [-0.15, -0.1) is 0 Å². The minimum absolute atomic E-state index is 0.0105. The van der Waals surface area contributed by atoms with Crippen LogP contribution in [0.25, 0.3) is 0 Å². The van der Waals surface area contributed by atoms with E-state index in [2.05, 4.69) is 15.9 Å². The van der Waals surface area contributed by atoms with Gasteiger partial charge in [-0.2, -0.15) is 0 Å². The van der Waals surface area contributed by atoms with E-state index in [4.69, 9.17) is 4.74 Å². The highest BCUT2D eigenvalue weighted by molar-refractivity contribution is 9.10. The Balaban J connectivity index is 2.59. The van der Waals surface area contributed by atoms with Crippen molar-refractivity contribution in [1.82, 2.24) is 0 Å². The maximum absolute atomic E-state index is 13.3. The van der Waals surface area contributed by atoms with Crippen molar-refractivity contribution in [3.63, 3.8) is 0 Å². The Morgan fingerprint density at radius 3 is 2.81 bits per heavy atom. The van der Waals surface area contributed by atoms with Crippen LogP contribution in [0, 0.1) is 5.82 Å². The van der Waals surface area contributed by atoms with Crippen LogP contribution in [-0.2, 0) is 16.0 Å². The normalized spacial score (nSPS) is 10.8. The molecule has 0 spiro atoms. The Bertz CT molecular complexity index is 377. The fourth-order valence-electron chi connectivity index (χ4n) is 1.20. The van der Waals surface area contributed by atoms with Crippen molar-refractivity contribution >= 4 is 21.7 Å². The van der Waals surface area contributed by atoms with Gasteiger partial charge in [-0.3, -0.25) is 4.79 Å². The van der Waals surface area contributed by atoms with Crippen molar-refractivity contribution in [2.24, 2.45) is 0 Å². The largest absolute Gasteiger partial charge is 0.371 e. The molecule has 0 N–H and O–H groups in total. The molecule has 1 rings (SSSR count). The van der Waals surface area contributed by atoms with Crippen molar-refractivity contribution in [3.8, 4) is 0 Å². The standard InChI is InChI=1S/C12H14BrFO2/c1-8(2)16-7-11(15)6-9-5-10(13)3-4-12(9)14/h3-5,8H,6-7H2,1-2H3. The zero-order valence-corrected chi connectivity index (χ0v) is 10.9. The summed E-state index contributed by atoms with van der Waals surface area (Å²) < 4.78 is 19.2. The third-order valence-electron chi connectivity index (χ3n) is 1.97. The highest BCUT2D eigenvalue weighted by Crippen LogP contribution is 2.16. The van der Waals surface area contributed by atoms with E-state index in [1.807, 2.05) is 13.8 Å². The Morgan fingerprint density at radius 1 is 1.50 bits per heavy atom. The number of hydrogen-bond donors (Lipinski definition) is 0. The van der Waals surface area contributed by atoms with E-state index in [1.54, 1.807) is 12.1 Å². The van der Waals surface area contributed by atoms with Crippen LogP contribution in [0.4, 0.5) is 4.39 Å². The fourth-order valence-corrected chi connectivity index (χ4v) is 1.61. The van der Waals surface area contributed by atoms with E-state index in [0.29, 0.717) is 5.56 Å². The zero-order valence-electron chi connectivity index (χ0n) is 9.30. The lowest BCUT2D eigenvalue weighted by molar-refractivity contribution is -0.124. The van der Waals surface area contributed by atoms with E-state index in [1.165, 1.54) is 6.07 Å². The van der Waals surface area contributed by atoms with Crippen molar-refractivity contribution in [3.05, 3.63) is 34.1 Å². The maximum atomic E-state index is 13.3. The third-order valence-corrected chi connectivity index (χ3v) is 2.47. The van der Waals surface area contributed by atoms with E-state index in [9.17, 15) is 9.18 Å². The van der Waals surface area contributed by atoms with Gasteiger partial charge in [0.2, 0.25) is 0 Å². The van der Waals surface area contributed by atoms with Crippen LogP contribution >= 0.6 is 15.9 Å². The lowest BCUT2D eigenvalue weighted by Gasteiger charge is -2.07. The molecule has 0 fully saturated rings. The second-order valence-electron chi connectivity index (χ2n) is 3.81. The van der Waals surface area contributed by atoms with Gasteiger partial charge in [0.25, 0.3) is 0 Å². The van der Waals surface area contributed by atoms with Crippen LogP contribution in [0.1, 0.15) is 19.4 Å². The van der Waals surface area contributed by atoms with Crippen LogP contribution in [0.2, 0.25) is 0 Å². The summed E-state index contributed by atoms with van der Waals surface area (Å²) in [6.45, 7) is 3.74. The number of halogens is 2. The van der Waals surface area contributed by atoms with Crippen molar-refractivity contribution in [2.75, 3.05) is 6.61 Å². The number of carbonyl (C=O) groups is 1. The quantitative estimate of drug-likeness (QED) is 0.832. The molecule has 0 unspecified atom stereocenters. The van der Waals surface area contributed by atoms with Crippen LogP contribution in [0.3, 0.4) is 0 Å². The summed E-state index contributed by atoms with van der Waals surface area (Å²) in [4.78, 5) is 11.5. The molecule has 0 radical (unpaired) electrons. The maximum Gasteiger partial charge on any atom is 0.162 e. The summed E-state index contributed by atoms with van der Waals surface area (Å²) in [5.74, 6) is -0.480. The molecule has 1 aromatic rings. The van der Waals surface area contributed by atoms with Crippen molar-refractivity contribution < 1.29 is 13.9 Å². The van der Waals surface area contributed by atoms with Gasteiger partial charge in [-0.1, -0.05) is 15.9 Å². The Hall–Kier alpha value is -0.740. The number of carbonyl (C=O) groups excluding carboxylic acids is 1. The summed E-state index contributed by atoms with van der Waals surface area (Å²) in [6, 6.07) is 4.56. The van der Waals surface area contributed by atoms with E-state index >= 15 is 0 Å². The molecule has 0 amide bonds. The summed E-state index contributed by atoms with van der Waals surface area (Å²) in [5, 5.41) is 0. The zero-order chi connectivity index (χ0) is 12.1. The Morgan fingerprint density at radius 2 is 2.19 bits per heavy atom. The van der Waals surface area contributed by atoms with E-state index < -0.39 is 0 Å². The van der Waals surface area contributed by atoms with Crippen LogP contribution < -0.4 is 0 Å². The van der Waals surface area contributed by atoms with Gasteiger partial charge < -0.3 is 4.74 Å². The van der Waals surface area contributed by atoms with Gasteiger partial charge in [-0.25, -0.2) is 4.39 Å². The first kappa shape index (κ1) is 13.3. The van der Waals surface area contributed by atoms with Gasteiger partial charge in [-0.05, 0) is 37.6 Å². The minimum Gasteiger partial charge on any atom is -0.371 e. The van der Waals surface area contributed by atoms with Gasteiger partial charge in [0.05, 0.1) is 6.10 Å². The number of hydrogen-bond acceptors (Lipinski definition) is 2. The number of ketones is 1. The number of benzene rings is 1. The molecule has 16 heavy (non-hydrogen) atoms. The summed E-state index contributed by atoms with van der Waals surface area (Å²) in [5.41, 5.74) is 0.395. The number of rotatable bonds is 5. The summed E-state index contributed by atoms with van der Waals surface area (Å²) >= 11 is 3.24. The molecule has 0 bridgehead atoms. The third kappa shape index (κ3) is 4.41. The average molecular weight is 289 g/mol. The Kier molecular flexibility index (Phi) is 5.09. The first-order chi connectivity index (χ1) is 7.49. The van der Waals surface area contributed by atoms with E-state index in [0.717, 1.165) is 4.47 Å². The van der Waals surface area contributed by atoms with Gasteiger partial charge >= 0.3 is 0 Å². The summed E-state index contributed by atoms with van der Waals surface area (Å²) in [7, 11) is 0. The average Bonchev–Trinajstić information content (AvgIpc) is 2.20. The predicted octanol–water partition coefficient (Wildman–Crippen LogP) is 3.12. The van der Waals surface area contributed by atoms with Crippen molar-refractivity contribution in [1.29, 1.82) is 0 Å². The molecule has 0 heterocycles. The molecule has 88 valence electrons. The molecule has 0 aromatic heterocycles. The van der Waals surface area contributed by atoms with Gasteiger partial charge in [0, 0.05) is 10.9 Å². The lowest BCUT2D eigenvalue weighted by atomic mass is 10.1. The molecule has 0 aliphatic heterocycles. The van der Waals surface area contributed by atoms with E-state index in [-0.39, 0.29) is 30.7 Å². The first-order valence-electron chi connectivity index (χ1n) is 5.06. The molecule has 0 saturated heterocycles. The molecule has 0 saturated carbocycles. The second kappa shape index (κ2) is 6.11. The number of Topliss-reactive ketones (excluding diaryl/α,β-unsaturated/α-hetero) is 1. The molecular weight excluding hydrogens is 275 g/mol. The molecule has 0 aliphatic carbocycles. The SMILES string of the molecule is CC(C)OCC(=O)Cc1cc(Br)ccc1F. The highest BCUT2D eigenvalue weighted by atomic mass is 79.9. The molecule has 2 nitrogen and oxygen atoms in total. The highest BCUT2D eigenvalue weighted by Gasteiger charge is 2.09.